The second-order valence-corrected chi connectivity index (χ2v) is 24.4. The third-order valence-corrected chi connectivity index (χ3v) is 17.4. The van der Waals surface area contributed by atoms with Gasteiger partial charge in [-0.15, -0.1) is 0 Å². The molecule has 3 aliphatic heterocycles. The summed E-state index contributed by atoms with van der Waals surface area (Å²) in [5, 5.41) is 42.6. The number of hydrogen-bond acceptors (Lipinski definition) is 18. The lowest BCUT2D eigenvalue weighted by molar-refractivity contribution is -0.318. The molecule has 5 rings (SSSR count). The van der Waals surface area contributed by atoms with Crippen LogP contribution in [0.15, 0.2) is 35.5 Å². The molecule has 452 valence electrons. The smallest absolute Gasteiger partial charge is 0.422 e. The van der Waals surface area contributed by atoms with Crippen LogP contribution in [0.2, 0.25) is 0 Å². The molecule has 19 heteroatoms. The number of unbranched alkanes of at least 4 members (excludes halogenated alkanes) is 2. The van der Waals surface area contributed by atoms with Crippen LogP contribution >= 0.6 is 0 Å². The number of rotatable bonds is 21. The fourth-order valence-electron chi connectivity index (χ4n) is 12.8. The van der Waals surface area contributed by atoms with E-state index in [0.717, 1.165) is 38.5 Å². The van der Waals surface area contributed by atoms with E-state index in [2.05, 4.69) is 23.0 Å². The van der Waals surface area contributed by atoms with Gasteiger partial charge >= 0.3 is 18.0 Å². The van der Waals surface area contributed by atoms with Crippen molar-refractivity contribution in [3.05, 3.63) is 35.9 Å². The van der Waals surface area contributed by atoms with Crippen molar-refractivity contribution in [1.29, 1.82) is 0 Å². The number of aliphatic hydroxyl groups is 3. The van der Waals surface area contributed by atoms with E-state index in [0.29, 0.717) is 31.2 Å². The van der Waals surface area contributed by atoms with Gasteiger partial charge in [0.15, 0.2) is 24.8 Å². The molecule has 4 fully saturated rings. The fraction of sp³-hybridized carbons (Fsp3) is 0.833. The number of hydrazine groups is 1. The highest BCUT2D eigenvalue weighted by Gasteiger charge is 2.55. The Morgan fingerprint density at radius 3 is 2.20 bits per heavy atom. The summed E-state index contributed by atoms with van der Waals surface area (Å²) in [6.07, 6.45) is 1.25. The summed E-state index contributed by atoms with van der Waals surface area (Å²) >= 11 is 0. The van der Waals surface area contributed by atoms with E-state index in [-0.39, 0.29) is 19.3 Å². The minimum atomic E-state index is -1.98. The van der Waals surface area contributed by atoms with Crippen molar-refractivity contribution in [1.82, 2.24) is 15.8 Å². The molecule has 18 atom stereocenters. The molecular weight excluding hydrogens is 1020 g/mol. The van der Waals surface area contributed by atoms with E-state index in [1.807, 2.05) is 51.0 Å². The number of hydrogen-bond donors (Lipinski definition) is 5. The Labute approximate surface area is 472 Å². The SMILES string of the molecule is CC[C@@H]1OC(=O)[C@H](C)[C@@H](O[C@H]2C[C@@](C)(OC)[C@@H](OC(C)=O)[C@H](C)O2)[C@H](C)[C@@H](O[C@@H]2O[C@H](C)C[C@H](N(C)C)[C@H]2OC(=O)NNCCCCCc2ccccc2)C(C)(O)C[C@@H](C)/C(=N\OCCCC2CCCCC2)[C@@H](C)[C@@H](O)[C@]1(C)O. The molecule has 79 heavy (non-hydrogen) atoms. The molecule has 1 aromatic rings. The van der Waals surface area contributed by atoms with Gasteiger partial charge in [-0.05, 0) is 118 Å². The van der Waals surface area contributed by atoms with Crippen molar-refractivity contribution in [3.8, 4) is 0 Å². The van der Waals surface area contributed by atoms with Crippen LogP contribution in [-0.4, -0.2) is 163 Å². The number of amides is 1. The number of nitrogens with one attached hydrogen (secondary N) is 2. The van der Waals surface area contributed by atoms with Gasteiger partial charge in [0.25, 0.3) is 0 Å². The van der Waals surface area contributed by atoms with Crippen LogP contribution in [-0.2, 0) is 58.7 Å². The van der Waals surface area contributed by atoms with Crippen molar-refractivity contribution >= 4 is 23.7 Å². The topological polar surface area (TPSA) is 235 Å². The zero-order valence-electron chi connectivity index (χ0n) is 50.3. The Bertz CT molecular complexity index is 2040. The summed E-state index contributed by atoms with van der Waals surface area (Å²) in [5.74, 6) is -4.12. The summed E-state index contributed by atoms with van der Waals surface area (Å²) < 4.78 is 51.5. The number of ether oxygens (including phenoxy) is 8. The second-order valence-electron chi connectivity index (χ2n) is 24.4. The molecule has 0 bridgehead atoms. The van der Waals surface area contributed by atoms with Gasteiger partial charge in [0.1, 0.15) is 23.9 Å². The van der Waals surface area contributed by atoms with Crippen molar-refractivity contribution in [3.63, 3.8) is 0 Å². The van der Waals surface area contributed by atoms with Crippen LogP contribution in [0.25, 0.3) is 0 Å². The van der Waals surface area contributed by atoms with Crippen LogP contribution < -0.4 is 10.9 Å². The van der Waals surface area contributed by atoms with Gasteiger partial charge in [0.05, 0.1) is 53.8 Å². The summed E-state index contributed by atoms with van der Waals surface area (Å²) in [7, 11) is 5.29. The molecule has 19 nitrogen and oxygen atoms in total. The van der Waals surface area contributed by atoms with Crippen LogP contribution in [0, 0.1) is 29.6 Å². The van der Waals surface area contributed by atoms with Gasteiger partial charge in [0, 0.05) is 44.8 Å². The molecule has 1 amide bonds. The quantitative estimate of drug-likeness (QED) is 0.0338. The standard InChI is InChI=1S/C60H102N4O15/c1-15-47-60(11,70)52(66)39(4)49(63-72-33-25-31-45-28-21-17-22-29-45)37(2)35-58(9,69)53(40(5)50(41(6)55(67)76-47)77-48-36-59(10,71-14)54(42(7)74-48)75-43(8)65)79-56-51(46(64(12)13)34-38(3)73-56)78-57(68)62-61-32-24-18-23-30-44-26-19-16-20-27-44/h16,19-20,26-27,37-42,45-48,50-54,56,61,66,69-70H,15,17-18,21-25,28-36H2,1-14H3,(H,62,68)/b63-49+/t37-,38-,39-,40+,41-,42+,46+,47+,48+,50+,51-,52-,53-,54+,56+,58?,59-,60-/m1/s1. The molecule has 4 aliphatic rings. The Kier molecular flexibility index (Phi) is 25.8. The minimum Gasteiger partial charge on any atom is -0.459 e. The number of nitrogens with zero attached hydrogens (tertiary/aromatic N) is 2. The second kappa shape index (κ2) is 30.7. The molecule has 1 aromatic carbocycles. The van der Waals surface area contributed by atoms with Crippen molar-refractivity contribution in [2.75, 3.05) is 34.4 Å². The summed E-state index contributed by atoms with van der Waals surface area (Å²) in [6, 6.07) is 9.92. The van der Waals surface area contributed by atoms with Gasteiger partial charge in [-0.2, -0.15) is 0 Å². The third-order valence-electron chi connectivity index (χ3n) is 17.4. The normalized spacial score (nSPS) is 37.9. The molecule has 3 saturated heterocycles. The largest absolute Gasteiger partial charge is 0.459 e. The fourth-order valence-corrected chi connectivity index (χ4v) is 12.8. The predicted octanol–water partition coefficient (Wildman–Crippen LogP) is 8.17. The van der Waals surface area contributed by atoms with Gasteiger partial charge in [-0.1, -0.05) is 102 Å². The number of carbonyl (C=O) groups is 3. The lowest BCUT2D eigenvalue weighted by Gasteiger charge is -2.49. The Morgan fingerprint density at radius 1 is 0.861 bits per heavy atom. The molecule has 1 aliphatic carbocycles. The molecule has 0 radical (unpaired) electrons. The number of cyclic esters (lactones) is 1. The number of carbonyl (C=O) groups excluding carboxylic acids is 3. The predicted molar refractivity (Wildman–Crippen MR) is 299 cm³/mol. The van der Waals surface area contributed by atoms with Crippen LogP contribution in [0.3, 0.4) is 0 Å². The van der Waals surface area contributed by atoms with Gasteiger partial charge in [-0.25, -0.2) is 10.2 Å². The molecule has 1 unspecified atom stereocenters. The van der Waals surface area contributed by atoms with Crippen molar-refractivity contribution < 1.29 is 72.4 Å². The number of aliphatic hydroxyl groups excluding tert-OH is 1. The lowest BCUT2D eigenvalue weighted by atomic mass is 9.73. The Balaban J connectivity index is 1.53. The number of likely N-dealkylation sites (N-methyl/N-ethyl adjacent to an activating group) is 1. The molecule has 1 saturated carbocycles. The first-order valence-electron chi connectivity index (χ1n) is 29.6. The summed E-state index contributed by atoms with van der Waals surface area (Å²) in [6.45, 7) is 19.5. The maximum absolute atomic E-state index is 14.8. The zero-order chi connectivity index (χ0) is 58.2. The van der Waals surface area contributed by atoms with E-state index in [1.54, 1.807) is 48.5 Å². The number of esters is 2. The first kappa shape index (κ1) is 66.3. The number of aryl methyl sites for hydroxylation is 1. The first-order chi connectivity index (χ1) is 37.3. The van der Waals surface area contributed by atoms with Crippen LogP contribution in [0.1, 0.15) is 172 Å². The first-order valence-corrected chi connectivity index (χ1v) is 29.6. The average Bonchev–Trinajstić information content (AvgIpc) is 3.40. The molecule has 5 N–H and O–H groups in total. The van der Waals surface area contributed by atoms with Crippen molar-refractivity contribution in [2.45, 2.75) is 257 Å². The molecule has 3 heterocycles. The molecule has 0 spiro atoms. The lowest BCUT2D eigenvalue weighted by Crippen LogP contribution is -2.62. The van der Waals surface area contributed by atoms with Gasteiger partial charge in [-0.3, -0.25) is 15.0 Å². The number of benzene rings is 1. The Hall–Kier alpha value is -3.50. The van der Waals surface area contributed by atoms with E-state index in [1.165, 1.54) is 58.6 Å². The van der Waals surface area contributed by atoms with Gasteiger partial charge in [0.2, 0.25) is 0 Å². The van der Waals surface area contributed by atoms with Crippen LogP contribution in [0.4, 0.5) is 4.79 Å². The minimum absolute atomic E-state index is 0.0301. The summed E-state index contributed by atoms with van der Waals surface area (Å²) in [5.41, 5.74) is 2.49. The van der Waals surface area contributed by atoms with E-state index in [4.69, 9.17) is 47.9 Å². The highest BCUT2D eigenvalue weighted by molar-refractivity contribution is 5.88. The monoisotopic (exact) mass is 1120 g/mol. The van der Waals surface area contributed by atoms with Crippen LogP contribution in [0.5, 0.6) is 0 Å². The van der Waals surface area contributed by atoms with E-state index < -0.39 is 126 Å². The van der Waals surface area contributed by atoms with E-state index >= 15 is 0 Å². The maximum atomic E-state index is 14.8. The number of methoxy groups -OCH3 is 1. The van der Waals surface area contributed by atoms with Gasteiger partial charge < -0.3 is 63.0 Å². The average molecular weight is 1120 g/mol. The van der Waals surface area contributed by atoms with E-state index in [9.17, 15) is 29.7 Å². The maximum Gasteiger partial charge on any atom is 0.422 e. The number of oxime groups is 1. The molecular formula is C60H102N4O15. The Morgan fingerprint density at radius 2 is 1.56 bits per heavy atom. The summed E-state index contributed by atoms with van der Waals surface area (Å²) in [4.78, 5) is 49.0. The van der Waals surface area contributed by atoms with Crippen molar-refractivity contribution in [2.24, 2.45) is 34.7 Å². The highest BCUT2D eigenvalue weighted by Crippen LogP contribution is 2.42. The zero-order valence-corrected chi connectivity index (χ0v) is 50.3. The highest BCUT2D eigenvalue weighted by atomic mass is 16.7. The third kappa shape index (κ3) is 18.5. The molecule has 0 aromatic heterocycles.